The molecule has 0 aliphatic carbocycles. The van der Waals surface area contributed by atoms with Crippen molar-refractivity contribution in [1.82, 2.24) is 9.80 Å². The minimum atomic E-state index is -0.529. The third-order valence-corrected chi connectivity index (χ3v) is 5.38. The molecule has 0 N–H and O–H groups in total. The van der Waals surface area contributed by atoms with Crippen LogP contribution in [0.4, 0.5) is 10.1 Å². The normalized spacial score (nSPS) is 15.1. The first-order chi connectivity index (χ1) is 12.5. The van der Waals surface area contributed by atoms with Crippen LogP contribution in [0, 0.1) is 15.9 Å². The molecule has 0 bridgehead atoms. The molecule has 0 aromatic heterocycles. The van der Waals surface area contributed by atoms with Gasteiger partial charge in [-0.25, -0.2) is 4.39 Å². The summed E-state index contributed by atoms with van der Waals surface area (Å²) in [6, 6.07) is 10.4. The molecule has 0 spiro atoms. The van der Waals surface area contributed by atoms with Crippen molar-refractivity contribution in [2.45, 2.75) is 9.79 Å². The van der Waals surface area contributed by atoms with Crippen LogP contribution in [0.1, 0.15) is 10.4 Å². The highest BCUT2D eigenvalue weighted by Crippen LogP contribution is 2.34. The average molecular weight is 375 g/mol. The lowest BCUT2D eigenvalue weighted by atomic mass is 10.1. The predicted octanol–water partition coefficient (Wildman–Crippen LogP) is 3.27. The van der Waals surface area contributed by atoms with Crippen molar-refractivity contribution >= 4 is 23.4 Å². The quantitative estimate of drug-likeness (QED) is 0.606. The summed E-state index contributed by atoms with van der Waals surface area (Å²) in [4.78, 5) is 28.2. The number of halogens is 1. The molecule has 136 valence electrons. The van der Waals surface area contributed by atoms with Gasteiger partial charge >= 0.3 is 0 Å². The number of amides is 1. The number of non-ortho nitro benzene ring substituents is 1. The van der Waals surface area contributed by atoms with Gasteiger partial charge in [-0.2, -0.15) is 0 Å². The van der Waals surface area contributed by atoms with E-state index in [1.54, 1.807) is 23.1 Å². The largest absolute Gasteiger partial charge is 0.336 e. The molecule has 2 aromatic carbocycles. The number of hydrogen-bond donors (Lipinski definition) is 0. The first-order valence-electron chi connectivity index (χ1n) is 8.14. The smallest absolute Gasteiger partial charge is 0.270 e. The van der Waals surface area contributed by atoms with E-state index >= 15 is 0 Å². The number of nitrogens with zero attached hydrogens (tertiary/aromatic N) is 3. The summed E-state index contributed by atoms with van der Waals surface area (Å²) >= 11 is 1.10. The second-order valence-electron chi connectivity index (χ2n) is 6.07. The van der Waals surface area contributed by atoms with Crippen LogP contribution in [0.25, 0.3) is 0 Å². The molecule has 0 saturated carbocycles. The number of carbonyl (C=O) groups is 1. The molecule has 1 aliphatic rings. The van der Waals surface area contributed by atoms with Crippen LogP contribution in [0.5, 0.6) is 0 Å². The highest BCUT2D eigenvalue weighted by atomic mass is 32.2. The maximum atomic E-state index is 14.0. The van der Waals surface area contributed by atoms with Gasteiger partial charge in [0.15, 0.2) is 0 Å². The van der Waals surface area contributed by atoms with Crippen LogP contribution in [0.15, 0.2) is 52.3 Å². The molecular formula is C18H18FN3O3S. The minimum Gasteiger partial charge on any atom is -0.336 e. The van der Waals surface area contributed by atoms with Gasteiger partial charge in [-0.1, -0.05) is 23.9 Å². The van der Waals surface area contributed by atoms with Gasteiger partial charge in [0.25, 0.3) is 11.6 Å². The monoisotopic (exact) mass is 375 g/mol. The minimum absolute atomic E-state index is 0.152. The topological polar surface area (TPSA) is 66.7 Å². The SMILES string of the molecule is CN1CCN(C(=O)c2cc([N+](=O)[O-])ccc2Sc2ccccc2F)CC1. The van der Waals surface area contributed by atoms with Crippen molar-refractivity contribution in [2.75, 3.05) is 33.2 Å². The molecule has 2 aromatic rings. The van der Waals surface area contributed by atoms with Crippen molar-refractivity contribution < 1.29 is 14.1 Å². The lowest BCUT2D eigenvalue weighted by molar-refractivity contribution is -0.384. The van der Waals surface area contributed by atoms with E-state index in [2.05, 4.69) is 4.90 Å². The molecule has 3 rings (SSSR count). The molecule has 0 unspecified atom stereocenters. The Bertz CT molecular complexity index is 838. The first-order valence-corrected chi connectivity index (χ1v) is 8.96. The Morgan fingerprint density at radius 1 is 1.12 bits per heavy atom. The number of nitro benzene ring substituents is 1. The molecule has 0 atom stereocenters. The van der Waals surface area contributed by atoms with E-state index in [1.165, 1.54) is 24.3 Å². The van der Waals surface area contributed by atoms with Crippen LogP contribution in [-0.4, -0.2) is 53.9 Å². The van der Waals surface area contributed by atoms with E-state index in [0.29, 0.717) is 22.9 Å². The van der Waals surface area contributed by atoms with Gasteiger partial charge < -0.3 is 9.80 Å². The van der Waals surface area contributed by atoms with E-state index < -0.39 is 10.7 Å². The van der Waals surface area contributed by atoms with Gasteiger partial charge in [0.2, 0.25) is 0 Å². The van der Waals surface area contributed by atoms with E-state index in [-0.39, 0.29) is 17.2 Å². The van der Waals surface area contributed by atoms with Crippen molar-refractivity contribution in [3.05, 3.63) is 64.0 Å². The molecule has 1 fully saturated rings. The Hall–Kier alpha value is -2.45. The zero-order chi connectivity index (χ0) is 18.7. The molecule has 1 aliphatic heterocycles. The Kier molecular flexibility index (Phi) is 5.53. The number of hydrogen-bond acceptors (Lipinski definition) is 5. The molecule has 1 heterocycles. The first kappa shape index (κ1) is 18.3. The molecule has 8 heteroatoms. The van der Waals surface area contributed by atoms with Gasteiger partial charge in [-0.15, -0.1) is 0 Å². The second-order valence-corrected chi connectivity index (χ2v) is 7.15. The van der Waals surface area contributed by atoms with Crippen LogP contribution in [0.2, 0.25) is 0 Å². The van der Waals surface area contributed by atoms with Gasteiger partial charge in [0.05, 0.1) is 10.5 Å². The summed E-state index contributed by atoms with van der Waals surface area (Å²) < 4.78 is 14.0. The third-order valence-electron chi connectivity index (χ3n) is 4.25. The summed E-state index contributed by atoms with van der Waals surface area (Å²) in [5.41, 5.74) is 0.0809. The summed E-state index contributed by atoms with van der Waals surface area (Å²) in [6.45, 7) is 2.61. The average Bonchev–Trinajstić information content (AvgIpc) is 2.64. The standard InChI is InChI=1S/C18H18FN3O3S/c1-20-8-10-21(11-9-20)18(23)14-12-13(22(24)25)6-7-16(14)26-17-5-3-2-4-15(17)19/h2-7,12H,8-11H2,1H3. The summed E-state index contributed by atoms with van der Waals surface area (Å²) in [7, 11) is 1.98. The zero-order valence-corrected chi connectivity index (χ0v) is 15.0. The van der Waals surface area contributed by atoms with E-state index in [1.807, 2.05) is 7.05 Å². The molecule has 1 saturated heterocycles. The fraction of sp³-hybridized carbons (Fsp3) is 0.278. The number of likely N-dealkylation sites (N-methyl/N-ethyl adjacent to an activating group) is 1. The van der Waals surface area contributed by atoms with Crippen molar-refractivity contribution in [3.8, 4) is 0 Å². The van der Waals surface area contributed by atoms with E-state index in [4.69, 9.17) is 0 Å². The number of carbonyl (C=O) groups excluding carboxylic acids is 1. The number of piperazine rings is 1. The zero-order valence-electron chi connectivity index (χ0n) is 14.2. The maximum Gasteiger partial charge on any atom is 0.270 e. The summed E-state index contributed by atoms with van der Waals surface area (Å²) in [6.07, 6.45) is 0. The Morgan fingerprint density at radius 2 is 1.81 bits per heavy atom. The highest BCUT2D eigenvalue weighted by Gasteiger charge is 2.25. The Morgan fingerprint density at radius 3 is 2.46 bits per heavy atom. The van der Waals surface area contributed by atoms with Crippen LogP contribution < -0.4 is 0 Å². The number of nitro groups is 1. The predicted molar refractivity (Wildman–Crippen MR) is 97.0 cm³/mol. The fourth-order valence-corrected chi connectivity index (χ4v) is 3.65. The molecule has 6 nitrogen and oxygen atoms in total. The van der Waals surface area contributed by atoms with E-state index in [9.17, 15) is 19.3 Å². The molecule has 0 radical (unpaired) electrons. The Labute approximate surface area is 154 Å². The molecule has 1 amide bonds. The number of benzene rings is 2. The number of rotatable bonds is 4. The summed E-state index contributed by atoms with van der Waals surface area (Å²) in [5.74, 6) is -0.658. The van der Waals surface area contributed by atoms with Crippen molar-refractivity contribution in [2.24, 2.45) is 0 Å². The molecular weight excluding hydrogens is 357 g/mol. The van der Waals surface area contributed by atoms with Gasteiger partial charge in [0, 0.05) is 48.1 Å². The molecule has 26 heavy (non-hydrogen) atoms. The van der Waals surface area contributed by atoms with Crippen LogP contribution in [-0.2, 0) is 0 Å². The van der Waals surface area contributed by atoms with Crippen molar-refractivity contribution in [3.63, 3.8) is 0 Å². The van der Waals surface area contributed by atoms with Gasteiger partial charge in [-0.05, 0) is 25.2 Å². The summed E-state index contributed by atoms with van der Waals surface area (Å²) in [5, 5.41) is 11.1. The van der Waals surface area contributed by atoms with Crippen molar-refractivity contribution in [1.29, 1.82) is 0 Å². The third kappa shape index (κ3) is 4.03. The van der Waals surface area contributed by atoms with Crippen LogP contribution in [0.3, 0.4) is 0 Å². The van der Waals surface area contributed by atoms with Gasteiger partial charge in [0.1, 0.15) is 5.82 Å². The van der Waals surface area contributed by atoms with Crippen LogP contribution >= 0.6 is 11.8 Å². The lowest BCUT2D eigenvalue weighted by Gasteiger charge is -2.32. The second kappa shape index (κ2) is 7.84. The van der Waals surface area contributed by atoms with E-state index in [0.717, 1.165) is 24.9 Å². The Balaban J connectivity index is 1.95. The maximum absolute atomic E-state index is 14.0. The lowest BCUT2D eigenvalue weighted by Crippen LogP contribution is -2.47. The van der Waals surface area contributed by atoms with Gasteiger partial charge in [-0.3, -0.25) is 14.9 Å². The highest BCUT2D eigenvalue weighted by molar-refractivity contribution is 7.99. The fourth-order valence-electron chi connectivity index (χ4n) is 2.71.